The molecule has 19 nitrogen and oxygen atoms in total. The number of nitrogens with one attached hydrogen (secondary N) is 1. The van der Waals surface area contributed by atoms with Crippen molar-refractivity contribution in [1.29, 1.82) is 0 Å². The molecule has 0 bridgehead atoms. The van der Waals surface area contributed by atoms with Gasteiger partial charge in [0.15, 0.2) is 18.9 Å². The maximum Gasteiger partial charge on any atom is 0.220 e. The number of allylic oxidation sites excluding steroid dienone is 11. The SMILES string of the molecule is CCCCCCC/C=C\C/C=C\C/C=C\CCCCCCCCCCCCC(=O)NC(COC1OC(CO)C(OC2OC(CO)C(OC3OC(CO)C(O)C(O)C3O)C(O)C2O)C(O)C1O)C(O)/C=C/CC/C=C/CC/C=C/CCCCCCCCCCCCCCCCCCCCCCCC. The van der Waals surface area contributed by atoms with Gasteiger partial charge in [-0.2, -0.15) is 0 Å². The van der Waals surface area contributed by atoms with Crippen LogP contribution in [0.25, 0.3) is 0 Å². The molecule has 3 heterocycles. The predicted molar refractivity (Wildman–Crippen MR) is 406 cm³/mol. The van der Waals surface area contributed by atoms with E-state index in [1.54, 1.807) is 6.08 Å². The maximum atomic E-state index is 13.5. The van der Waals surface area contributed by atoms with E-state index in [-0.39, 0.29) is 18.9 Å². The number of rotatable bonds is 65. The Labute approximate surface area is 617 Å². The van der Waals surface area contributed by atoms with Crippen molar-refractivity contribution in [1.82, 2.24) is 5.32 Å². The van der Waals surface area contributed by atoms with Crippen LogP contribution in [-0.2, 0) is 33.2 Å². The number of amides is 1. The summed E-state index contributed by atoms with van der Waals surface area (Å²) in [6, 6.07) is -1.00. The lowest BCUT2D eigenvalue weighted by Crippen LogP contribution is -2.66. The van der Waals surface area contributed by atoms with Gasteiger partial charge in [-0.1, -0.05) is 299 Å². The van der Waals surface area contributed by atoms with Gasteiger partial charge in [-0.25, -0.2) is 0 Å². The summed E-state index contributed by atoms with van der Waals surface area (Å²) >= 11 is 0. The Kier molecular flexibility index (Phi) is 57.9. The largest absolute Gasteiger partial charge is 0.394 e. The van der Waals surface area contributed by atoms with Crippen molar-refractivity contribution in [3.63, 3.8) is 0 Å². The minimum Gasteiger partial charge on any atom is -0.394 e. The lowest BCUT2D eigenvalue weighted by Gasteiger charge is -2.48. The third-order valence-corrected chi connectivity index (χ3v) is 20.2. The number of aliphatic hydroxyl groups excluding tert-OH is 11. The molecule has 0 aromatic rings. The summed E-state index contributed by atoms with van der Waals surface area (Å²) in [6.45, 7) is 1.73. The molecule has 102 heavy (non-hydrogen) atoms. The van der Waals surface area contributed by atoms with Crippen LogP contribution >= 0.6 is 0 Å². The second-order valence-corrected chi connectivity index (χ2v) is 29.2. The summed E-state index contributed by atoms with van der Waals surface area (Å²) in [6.07, 6.45) is 56.1. The third kappa shape index (κ3) is 42.7. The van der Waals surface area contributed by atoms with Gasteiger partial charge in [0.25, 0.3) is 0 Å². The number of carbonyl (C=O) groups excluding carboxylic acids is 1. The van der Waals surface area contributed by atoms with Crippen molar-refractivity contribution in [2.45, 2.75) is 420 Å². The van der Waals surface area contributed by atoms with E-state index in [2.05, 4.69) is 79.9 Å². The van der Waals surface area contributed by atoms with E-state index < -0.39 is 124 Å². The van der Waals surface area contributed by atoms with Crippen molar-refractivity contribution < 1.29 is 89.4 Å². The smallest absolute Gasteiger partial charge is 0.220 e. The van der Waals surface area contributed by atoms with Crippen LogP contribution in [0.2, 0.25) is 0 Å². The third-order valence-electron chi connectivity index (χ3n) is 20.2. The summed E-state index contributed by atoms with van der Waals surface area (Å²) in [5.74, 6) is -0.293. The molecule has 3 saturated heterocycles. The highest BCUT2D eigenvalue weighted by molar-refractivity contribution is 5.76. The number of hydrogen-bond donors (Lipinski definition) is 12. The minimum atomic E-state index is -1.99. The van der Waals surface area contributed by atoms with Gasteiger partial charge in [0.2, 0.25) is 5.91 Å². The van der Waals surface area contributed by atoms with Crippen molar-refractivity contribution in [2.75, 3.05) is 26.4 Å². The Morgan fingerprint density at radius 2 is 0.657 bits per heavy atom. The van der Waals surface area contributed by atoms with Crippen LogP contribution in [0.5, 0.6) is 0 Å². The van der Waals surface area contributed by atoms with E-state index in [9.17, 15) is 61.0 Å². The van der Waals surface area contributed by atoms with Crippen LogP contribution < -0.4 is 5.32 Å². The molecule has 3 aliphatic heterocycles. The first-order chi connectivity index (χ1) is 49.8. The maximum absolute atomic E-state index is 13.5. The molecule has 1 amide bonds. The zero-order chi connectivity index (χ0) is 73.9. The fourth-order valence-electron chi connectivity index (χ4n) is 13.6. The standard InChI is InChI=1S/C83H149NO18/c1-3-5-7-9-11-13-15-17-19-21-23-25-27-29-30-31-32-33-34-35-37-38-40-42-44-46-48-50-52-54-56-58-60-67(88)66(84-71(89)61-59-57-55-53-51-49-47-45-43-41-39-36-28-26-24-22-20-18-16-14-12-10-8-6-4-2)65-97-81-77(95)74(92)79(69(63-86)99-81)102-83-78(96)75(93)80(70(64-87)100-83)101-82-76(94)73(91)72(90)68(62-85)98-82/h16,18,22,24,28,36,42,44,50,52,58,60,66-70,72-83,85-88,90-96H,3-15,17,19-21,23,25-27,29-35,37-41,43,45-49,51,53-57,59,61-65H2,1-2H3,(H,84,89)/b18-16-,24-22-,36-28-,44-42+,52-50+,60-58+. The molecule has 0 radical (unpaired) electrons. The molecule has 0 spiro atoms. The second-order valence-electron chi connectivity index (χ2n) is 29.2. The zero-order valence-electron chi connectivity index (χ0n) is 63.6. The molecule has 3 fully saturated rings. The summed E-state index contributed by atoms with van der Waals surface area (Å²) in [4.78, 5) is 13.5. The number of unbranched alkanes of at least 4 members (excludes halogenated alkanes) is 39. The summed E-state index contributed by atoms with van der Waals surface area (Å²) in [5, 5.41) is 121. The highest BCUT2D eigenvalue weighted by Crippen LogP contribution is 2.33. The Balaban J connectivity index is 1.39. The lowest BCUT2D eigenvalue weighted by molar-refractivity contribution is -0.379. The van der Waals surface area contributed by atoms with Gasteiger partial charge in [-0.15, -0.1) is 0 Å². The molecule has 0 aromatic heterocycles. The van der Waals surface area contributed by atoms with Gasteiger partial charge < -0.3 is 89.9 Å². The lowest BCUT2D eigenvalue weighted by atomic mass is 9.96. The second kappa shape index (κ2) is 63.2. The Bertz CT molecular complexity index is 2120. The summed E-state index contributed by atoms with van der Waals surface area (Å²) < 4.78 is 34.4. The highest BCUT2D eigenvalue weighted by Gasteiger charge is 2.54. The number of carbonyl (C=O) groups is 1. The highest BCUT2D eigenvalue weighted by atomic mass is 16.8. The number of aliphatic hydroxyl groups is 11. The van der Waals surface area contributed by atoms with Crippen LogP contribution in [0.15, 0.2) is 72.9 Å². The molecule has 3 rings (SSSR count). The van der Waals surface area contributed by atoms with Crippen LogP contribution in [-0.4, -0.2) is 193 Å². The van der Waals surface area contributed by atoms with E-state index in [0.717, 1.165) is 70.6 Å². The quantitative estimate of drug-likeness (QED) is 0.0199. The van der Waals surface area contributed by atoms with E-state index in [0.29, 0.717) is 12.8 Å². The monoisotopic (exact) mass is 1450 g/mol. The fourth-order valence-corrected chi connectivity index (χ4v) is 13.6. The predicted octanol–water partition coefficient (Wildman–Crippen LogP) is 14.0. The van der Waals surface area contributed by atoms with E-state index in [4.69, 9.17) is 28.4 Å². The molecule has 0 aromatic carbocycles. The molecule has 19 heteroatoms. The van der Waals surface area contributed by atoms with Gasteiger partial charge in [0, 0.05) is 6.42 Å². The normalized spacial score (nSPS) is 26.5. The van der Waals surface area contributed by atoms with Crippen LogP contribution in [0.1, 0.15) is 316 Å². The molecular formula is C83H149NO18. The number of hydrogen-bond acceptors (Lipinski definition) is 18. The summed E-state index contributed by atoms with van der Waals surface area (Å²) in [7, 11) is 0. The van der Waals surface area contributed by atoms with E-state index in [1.807, 2.05) is 6.08 Å². The van der Waals surface area contributed by atoms with Gasteiger partial charge in [-0.3, -0.25) is 4.79 Å². The van der Waals surface area contributed by atoms with E-state index in [1.165, 1.54) is 212 Å². The average Bonchev–Trinajstić information content (AvgIpc) is 0.781. The van der Waals surface area contributed by atoms with Crippen LogP contribution in [0.4, 0.5) is 0 Å². The van der Waals surface area contributed by atoms with Crippen molar-refractivity contribution in [3.8, 4) is 0 Å². The van der Waals surface area contributed by atoms with Gasteiger partial charge in [0.1, 0.15) is 73.2 Å². The first kappa shape index (κ1) is 93.4. The zero-order valence-corrected chi connectivity index (χ0v) is 63.6. The minimum absolute atomic E-state index is 0.225. The van der Waals surface area contributed by atoms with Crippen molar-refractivity contribution in [2.24, 2.45) is 0 Å². The van der Waals surface area contributed by atoms with Crippen molar-refractivity contribution in [3.05, 3.63) is 72.9 Å². The Morgan fingerprint density at radius 3 is 1.05 bits per heavy atom. The molecule has 0 saturated carbocycles. The van der Waals surface area contributed by atoms with Gasteiger partial charge in [-0.05, 0) is 83.5 Å². The van der Waals surface area contributed by atoms with Gasteiger partial charge >= 0.3 is 0 Å². The van der Waals surface area contributed by atoms with Crippen LogP contribution in [0.3, 0.4) is 0 Å². The first-order valence-corrected chi connectivity index (χ1v) is 41.2. The molecule has 17 unspecified atom stereocenters. The van der Waals surface area contributed by atoms with Crippen LogP contribution in [0, 0.1) is 0 Å². The van der Waals surface area contributed by atoms with Gasteiger partial charge in [0.05, 0.1) is 38.6 Å². The Morgan fingerprint density at radius 1 is 0.353 bits per heavy atom. The molecular weight excluding hydrogens is 1300 g/mol. The van der Waals surface area contributed by atoms with Crippen molar-refractivity contribution >= 4 is 5.91 Å². The first-order valence-electron chi connectivity index (χ1n) is 41.2. The average molecular weight is 1450 g/mol. The molecule has 3 aliphatic rings. The molecule has 12 N–H and O–H groups in total. The molecule has 17 atom stereocenters. The topological polar surface area (TPSA) is 307 Å². The summed E-state index contributed by atoms with van der Waals surface area (Å²) in [5.41, 5.74) is 0. The van der Waals surface area contributed by atoms with E-state index >= 15 is 0 Å². The fraction of sp³-hybridized carbons (Fsp3) is 0.843. The number of ether oxygens (including phenoxy) is 6. The molecule has 0 aliphatic carbocycles. The molecule has 594 valence electrons. The Hall–Kier alpha value is -2.77.